The van der Waals surface area contributed by atoms with E-state index in [4.69, 9.17) is 33.2 Å². The lowest BCUT2D eigenvalue weighted by Crippen LogP contribution is -2.58. The predicted molar refractivity (Wildman–Crippen MR) is 202 cm³/mol. The van der Waals surface area contributed by atoms with Crippen molar-refractivity contribution in [2.75, 3.05) is 46.7 Å². The first-order valence-corrected chi connectivity index (χ1v) is 19.5. The molecule has 5 rings (SSSR count). The van der Waals surface area contributed by atoms with Crippen molar-refractivity contribution in [2.24, 2.45) is 11.8 Å². The van der Waals surface area contributed by atoms with Crippen LogP contribution in [0, 0.1) is 18.8 Å². The van der Waals surface area contributed by atoms with Crippen LogP contribution in [0.4, 0.5) is 0 Å². The van der Waals surface area contributed by atoms with Crippen LogP contribution in [0.25, 0.3) is 22.3 Å². The van der Waals surface area contributed by atoms with Crippen molar-refractivity contribution in [2.45, 2.75) is 111 Å². The first-order valence-electron chi connectivity index (χ1n) is 19.5. The van der Waals surface area contributed by atoms with Gasteiger partial charge in [-0.1, -0.05) is 26.0 Å². The summed E-state index contributed by atoms with van der Waals surface area (Å²) in [5, 5.41) is 15.0. The van der Waals surface area contributed by atoms with Gasteiger partial charge in [-0.15, -0.1) is 5.10 Å². The first kappa shape index (κ1) is 43.6. The van der Waals surface area contributed by atoms with Crippen LogP contribution in [0.3, 0.4) is 0 Å². The van der Waals surface area contributed by atoms with Gasteiger partial charge in [0.2, 0.25) is 11.8 Å². The molecule has 0 saturated carbocycles. The van der Waals surface area contributed by atoms with E-state index in [9.17, 15) is 19.2 Å². The summed E-state index contributed by atoms with van der Waals surface area (Å²) in [6, 6.07) is -0.364. The molecule has 8 atom stereocenters. The van der Waals surface area contributed by atoms with Crippen LogP contribution in [-0.4, -0.2) is 131 Å². The Kier molecular flexibility index (Phi) is 15.8. The van der Waals surface area contributed by atoms with Crippen LogP contribution in [-0.2, 0) is 58.9 Å². The van der Waals surface area contributed by atoms with Gasteiger partial charge in [0.1, 0.15) is 36.6 Å². The number of hydrogen-bond acceptors (Lipinski definition) is 15. The van der Waals surface area contributed by atoms with Crippen molar-refractivity contribution in [1.82, 2.24) is 40.2 Å². The number of rotatable bonds is 20. The third-order valence-corrected chi connectivity index (χ3v) is 10.4. The molecule has 0 spiro atoms. The van der Waals surface area contributed by atoms with Gasteiger partial charge in [-0.05, 0) is 25.2 Å². The summed E-state index contributed by atoms with van der Waals surface area (Å²) in [4.78, 5) is 56.4. The Balaban J connectivity index is 1.09. The molecule has 2 N–H and O–H groups in total. The van der Waals surface area contributed by atoms with Crippen molar-refractivity contribution in [1.29, 1.82) is 0 Å². The SMILES string of the molecule is CC[C@H]1O[C@@H](n2cc(-c3cn(CCOCCOCCOC4OC(COC(C)=O)C(C)C(C)C4NC(C)=O)nn3)c3c(C)ncnc32)CC1OC(=O)CCC(=O)NC. The van der Waals surface area contributed by atoms with Crippen LogP contribution < -0.4 is 10.6 Å². The Morgan fingerprint density at radius 2 is 1.70 bits per heavy atom. The second-order valence-corrected chi connectivity index (χ2v) is 14.3. The molecule has 314 valence electrons. The number of aryl methyl sites for hydroxylation is 1. The minimum atomic E-state index is -0.720. The van der Waals surface area contributed by atoms with E-state index in [0.717, 1.165) is 16.6 Å². The van der Waals surface area contributed by atoms with Gasteiger partial charge >= 0.3 is 11.9 Å². The van der Waals surface area contributed by atoms with Gasteiger partial charge in [0.25, 0.3) is 0 Å². The highest BCUT2D eigenvalue weighted by Gasteiger charge is 2.43. The Morgan fingerprint density at radius 1 is 0.947 bits per heavy atom. The highest BCUT2D eigenvalue weighted by Crippen LogP contribution is 2.38. The monoisotopic (exact) mass is 800 g/mol. The molecule has 19 nitrogen and oxygen atoms in total. The zero-order valence-electron chi connectivity index (χ0n) is 33.8. The molecule has 2 aliphatic rings. The Hall–Kier alpha value is -4.56. The first-order chi connectivity index (χ1) is 27.4. The van der Waals surface area contributed by atoms with E-state index in [2.05, 4.69) is 30.9 Å². The van der Waals surface area contributed by atoms with Crippen molar-refractivity contribution in [3.05, 3.63) is 24.4 Å². The zero-order valence-corrected chi connectivity index (χ0v) is 33.8. The maximum absolute atomic E-state index is 12.5. The number of ether oxygens (including phenoxy) is 7. The fraction of sp³-hybridized carbons (Fsp3) is 0.684. The molecule has 6 unspecified atom stereocenters. The van der Waals surface area contributed by atoms with Crippen molar-refractivity contribution < 1.29 is 52.3 Å². The van der Waals surface area contributed by atoms with E-state index in [0.29, 0.717) is 50.5 Å². The Bertz CT molecular complexity index is 1820. The molecular weight excluding hydrogens is 744 g/mol. The number of nitrogens with one attached hydrogen (secondary N) is 2. The smallest absolute Gasteiger partial charge is 0.306 e. The maximum Gasteiger partial charge on any atom is 0.306 e. The van der Waals surface area contributed by atoms with Gasteiger partial charge in [0.15, 0.2) is 6.29 Å². The Morgan fingerprint density at radius 3 is 2.42 bits per heavy atom. The van der Waals surface area contributed by atoms with Gasteiger partial charge in [-0.3, -0.25) is 19.2 Å². The third-order valence-electron chi connectivity index (χ3n) is 10.4. The number of hydrogen-bond donors (Lipinski definition) is 2. The molecule has 3 aromatic rings. The van der Waals surface area contributed by atoms with Gasteiger partial charge < -0.3 is 48.4 Å². The predicted octanol–water partition coefficient (Wildman–Crippen LogP) is 2.25. The second kappa shape index (κ2) is 20.7. The van der Waals surface area contributed by atoms with E-state index >= 15 is 0 Å². The number of aromatic nitrogens is 6. The molecule has 0 bridgehead atoms. The van der Waals surface area contributed by atoms with Crippen LogP contribution >= 0.6 is 0 Å². The van der Waals surface area contributed by atoms with Gasteiger partial charge in [0.05, 0.1) is 76.1 Å². The normalized spacial score (nSPS) is 24.7. The topological polar surface area (TPSA) is 218 Å². The summed E-state index contributed by atoms with van der Waals surface area (Å²) in [7, 11) is 1.53. The van der Waals surface area contributed by atoms with E-state index in [-0.39, 0.29) is 80.5 Å². The molecule has 2 fully saturated rings. The maximum atomic E-state index is 12.5. The number of fused-ring (bicyclic) bond motifs is 1. The van der Waals surface area contributed by atoms with Crippen LogP contribution in [0.5, 0.6) is 0 Å². The summed E-state index contributed by atoms with van der Waals surface area (Å²) in [5.41, 5.74) is 2.86. The molecule has 5 heterocycles. The number of esters is 2. The number of amides is 2. The molecule has 2 amide bonds. The highest BCUT2D eigenvalue weighted by molar-refractivity contribution is 5.94. The molecule has 19 heteroatoms. The number of carbonyl (C=O) groups excluding carboxylic acids is 4. The van der Waals surface area contributed by atoms with Gasteiger partial charge in [-0.2, -0.15) is 0 Å². The average molecular weight is 801 g/mol. The molecule has 57 heavy (non-hydrogen) atoms. The molecule has 2 saturated heterocycles. The van der Waals surface area contributed by atoms with Crippen LogP contribution in [0.2, 0.25) is 0 Å². The van der Waals surface area contributed by atoms with E-state index in [1.807, 2.05) is 44.7 Å². The molecule has 0 aliphatic carbocycles. The number of carbonyl (C=O) groups is 4. The molecule has 0 aromatic carbocycles. The average Bonchev–Trinajstić information content (AvgIpc) is 3.92. The third kappa shape index (κ3) is 11.5. The van der Waals surface area contributed by atoms with Gasteiger partial charge in [-0.25, -0.2) is 14.6 Å². The fourth-order valence-corrected chi connectivity index (χ4v) is 7.07. The lowest BCUT2D eigenvalue weighted by molar-refractivity contribution is -0.247. The fourth-order valence-electron chi connectivity index (χ4n) is 7.07. The van der Waals surface area contributed by atoms with Crippen molar-refractivity contribution >= 4 is 34.8 Å². The number of nitrogens with zero attached hydrogens (tertiary/aromatic N) is 6. The highest BCUT2D eigenvalue weighted by atomic mass is 16.7. The van der Waals surface area contributed by atoms with E-state index < -0.39 is 24.6 Å². The minimum absolute atomic E-state index is 0.00748. The summed E-state index contributed by atoms with van der Waals surface area (Å²) in [6.07, 6.45) is 4.06. The Labute approximate surface area is 331 Å². The molecule has 0 radical (unpaired) electrons. The van der Waals surface area contributed by atoms with Gasteiger partial charge in [0, 0.05) is 50.9 Å². The lowest BCUT2D eigenvalue weighted by atomic mass is 9.82. The largest absolute Gasteiger partial charge is 0.463 e. The van der Waals surface area contributed by atoms with E-state index in [1.165, 1.54) is 27.2 Å². The van der Waals surface area contributed by atoms with Crippen molar-refractivity contribution in [3.8, 4) is 11.3 Å². The second-order valence-electron chi connectivity index (χ2n) is 14.3. The summed E-state index contributed by atoms with van der Waals surface area (Å²) < 4.78 is 44.5. The lowest BCUT2D eigenvalue weighted by Gasteiger charge is -2.44. The van der Waals surface area contributed by atoms with Crippen molar-refractivity contribution in [3.63, 3.8) is 0 Å². The molecular formula is C38H56N8O11. The summed E-state index contributed by atoms with van der Waals surface area (Å²) in [6.45, 7) is 12.8. The molecule has 2 aliphatic heterocycles. The minimum Gasteiger partial charge on any atom is -0.463 e. The quantitative estimate of drug-likeness (QED) is 0.124. The zero-order chi connectivity index (χ0) is 41.1. The van der Waals surface area contributed by atoms with E-state index in [1.54, 1.807) is 4.68 Å². The summed E-state index contributed by atoms with van der Waals surface area (Å²) in [5.74, 6) is -1.19. The van der Waals surface area contributed by atoms with Crippen LogP contribution in [0.1, 0.15) is 72.2 Å². The standard InChI is InChI=1S/C38H56N8O11/c1-8-29-30(56-34(50)10-9-32(49)39-7)17-33(55-29)46-18-27(35-24(4)40-21-41-37(35)46)28-19-45(44-43-28)11-12-51-13-14-52-15-16-53-38-36(42-25(5)47)23(3)22(2)31(57-38)20-54-26(6)48/h18-19,21-23,29-31,33,36,38H,8-17,20H2,1-7H3,(H,39,49)(H,42,47)/t22?,23?,29-,30?,31?,33-,36?,38?/m1/s1. The summed E-state index contributed by atoms with van der Waals surface area (Å²) >= 11 is 0. The van der Waals surface area contributed by atoms with Crippen LogP contribution in [0.15, 0.2) is 18.7 Å². The molecule has 3 aromatic heterocycles.